The predicted octanol–water partition coefficient (Wildman–Crippen LogP) is 1.21. The molecule has 1 aromatic rings. The number of carboxylic acid groups (broad SMARTS) is 1. The molecule has 0 spiro atoms. The van der Waals surface area contributed by atoms with E-state index in [-0.39, 0.29) is 5.56 Å². The molecule has 1 amide bonds. The van der Waals surface area contributed by atoms with E-state index >= 15 is 0 Å². The molecule has 6 nitrogen and oxygen atoms in total. The van der Waals surface area contributed by atoms with Crippen molar-refractivity contribution >= 4 is 17.6 Å². The minimum absolute atomic E-state index is 0.130. The van der Waals surface area contributed by atoms with Crippen molar-refractivity contribution in [2.24, 2.45) is 0 Å². The summed E-state index contributed by atoms with van der Waals surface area (Å²) in [6.45, 7) is 3.68. The number of anilines is 1. The maximum atomic E-state index is 14.2. The molecule has 22 heavy (non-hydrogen) atoms. The third-order valence-corrected chi connectivity index (χ3v) is 3.81. The highest BCUT2D eigenvalue weighted by Crippen LogP contribution is 2.22. The minimum atomic E-state index is -1.11. The highest BCUT2D eigenvalue weighted by molar-refractivity contribution is 5.96. The lowest BCUT2D eigenvalue weighted by molar-refractivity contribution is -0.141. The Balaban J connectivity index is 2.18. The van der Waals surface area contributed by atoms with Gasteiger partial charge in [-0.25, -0.2) is 9.18 Å². The van der Waals surface area contributed by atoms with Gasteiger partial charge in [0.05, 0.1) is 18.9 Å². The average molecular weight is 310 g/mol. The zero-order valence-corrected chi connectivity index (χ0v) is 12.6. The summed E-state index contributed by atoms with van der Waals surface area (Å²) in [7, 11) is 1.38. The van der Waals surface area contributed by atoms with Crippen molar-refractivity contribution in [2.75, 3.05) is 38.3 Å². The topological polar surface area (TPSA) is 70.1 Å². The summed E-state index contributed by atoms with van der Waals surface area (Å²) in [6, 6.07) is 3.24. The maximum absolute atomic E-state index is 14.2. The van der Waals surface area contributed by atoms with Gasteiger partial charge in [-0.05, 0) is 25.1 Å². The van der Waals surface area contributed by atoms with E-state index in [4.69, 9.17) is 9.84 Å². The number of carboxylic acids is 1. The van der Waals surface area contributed by atoms with Gasteiger partial charge >= 0.3 is 5.97 Å². The van der Waals surface area contributed by atoms with Crippen LogP contribution in [0.4, 0.5) is 10.1 Å². The number of amides is 1. The van der Waals surface area contributed by atoms with Crippen LogP contribution in [0.2, 0.25) is 0 Å². The van der Waals surface area contributed by atoms with E-state index in [1.807, 2.05) is 4.90 Å². The Hall–Kier alpha value is -2.15. The number of carbonyl (C=O) groups excluding carboxylic acids is 1. The van der Waals surface area contributed by atoms with Crippen LogP contribution in [0.5, 0.6) is 0 Å². The summed E-state index contributed by atoms with van der Waals surface area (Å²) in [4.78, 5) is 26.0. The van der Waals surface area contributed by atoms with Crippen molar-refractivity contribution in [3.8, 4) is 0 Å². The molecule has 1 N–H and O–H groups in total. The summed E-state index contributed by atoms with van der Waals surface area (Å²) < 4.78 is 19.5. The van der Waals surface area contributed by atoms with E-state index in [0.29, 0.717) is 32.0 Å². The summed E-state index contributed by atoms with van der Waals surface area (Å²) in [5, 5.41) is 8.93. The Morgan fingerprint density at radius 1 is 1.36 bits per heavy atom. The lowest BCUT2D eigenvalue weighted by Gasteiger charge is -2.29. The Bertz CT molecular complexity index is 573. The van der Waals surface area contributed by atoms with Crippen LogP contribution < -0.4 is 4.90 Å². The van der Waals surface area contributed by atoms with Gasteiger partial charge in [0, 0.05) is 25.7 Å². The molecule has 0 aromatic heterocycles. The number of nitrogens with zero attached hydrogens (tertiary/aromatic N) is 2. The Morgan fingerprint density at radius 3 is 2.55 bits per heavy atom. The summed E-state index contributed by atoms with van der Waals surface area (Å²) >= 11 is 0. The summed E-state index contributed by atoms with van der Waals surface area (Å²) in [6.07, 6.45) is 0. The second-order valence-corrected chi connectivity index (χ2v) is 5.20. The summed E-state index contributed by atoms with van der Waals surface area (Å²) in [5.74, 6) is -2.13. The van der Waals surface area contributed by atoms with Crippen LogP contribution >= 0.6 is 0 Å². The van der Waals surface area contributed by atoms with Crippen LogP contribution in [0.3, 0.4) is 0 Å². The largest absolute Gasteiger partial charge is 0.480 e. The number of carbonyl (C=O) groups is 2. The molecule has 2 rings (SSSR count). The molecule has 1 aliphatic heterocycles. The summed E-state index contributed by atoms with van der Waals surface area (Å²) in [5.41, 5.74) is 0.555. The first-order chi connectivity index (χ1) is 10.4. The number of hydrogen-bond acceptors (Lipinski definition) is 4. The van der Waals surface area contributed by atoms with Gasteiger partial charge in [0.25, 0.3) is 5.91 Å². The first-order valence-electron chi connectivity index (χ1n) is 7.04. The van der Waals surface area contributed by atoms with Crippen LogP contribution in [0.15, 0.2) is 18.2 Å². The zero-order chi connectivity index (χ0) is 16.3. The van der Waals surface area contributed by atoms with Crippen molar-refractivity contribution < 1.29 is 23.8 Å². The quantitative estimate of drug-likeness (QED) is 0.905. The molecule has 0 unspecified atom stereocenters. The number of rotatable bonds is 4. The first kappa shape index (κ1) is 16.2. The Labute approximate surface area is 128 Å². The molecule has 0 bridgehead atoms. The van der Waals surface area contributed by atoms with E-state index < -0.39 is 23.7 Å². The van der Waals surface area contributed by atoms with E-state index in [2.05, 4.69) is 0 Å². The molecule has 1 heterocycles. The molecule has 0 saturated carbocycles. The highest BCUT2D eigenvalue weighted by Gasteiger charge is 2.24. The van der Waals surface area contributed by atoms with Gasteiger partial charge in [0.1, 0.15) is 11.9 Å². The molecule has 1 atom stereocenters. The van der Waals surface area contributed by atoms with Gasteiger partial charge < -0.3 is 19.6 Å². The van der Waals surface area contributed by atoms with Crippen LogP contribution in [0.25, 0.3) is 0 Å². The van der Waals surface area contributed by atoms with Crippen molar-refractivity contribution in [1.82, 2.24) is 4.90 Å². The monoisotopic (exact) mass is 310 g/mol. The van der Waals surface area contributed by atoms with Gasteiger partial charge in [-0.15, -0.1) is 0 Å². The van der Waals surface area contributed by atoms with Gasteiger partial charge in [0.15, 0.2) is 0 Å². The lowest BCUT2D eigenvalue weighted by Crippen LogP contribution is -2.40. The van der Waals surface area contributed by atoms with Crippen molar-refractivity contribution in [3.05, 3.63) is 29.6 Å². The molecule has 1 saturated heterocycles. The van der Waals surface area contributed by atoms with Crippen molar-refractivity contribution in [2.45, 2.75) is 13.0 Å². The number of aliphatic carboxylic acids is 1. The number of halogens is 1. The van der Waals surface area contributed by atoms with E-state index in [0.717, 1.165) is 11.0 Å². The lowest BCUT2D eigenvalue weighted by atomic mass is 10.1. The van der Waals surface area contributed by atoms with Gasteiger partial charge in [-0.1, -0.05) is 0 Å². The predicted molar refractivity (Wildman–Crippen MR) is 78.6 cm³/mol. The van der Waals surface area contributed by atoms with Crippen LogP contribution in [-0.2, 0) is 9.53 Å². The number of hydrogen-bond donors (Lipinski definition) is 1. The van der Waals surface area contributed by atoms with Crippen molar-refractivity contribution in [3.63, 3.8) is 0 Å². The standard InChI is InChI=1S/C15H19FN2O4/c1-10(15(20)21)17(2)14(19)11-3-4-13(12(16)9-11)18-5-7-22-8-6-18/h3-4,9-10H,5-8H2,1-2H3,(H,20,21)/t10-/m0/s1. The van der Waals surface area contributed by atoms with E-state index in [9.17, 15) is 14.0 Å². The van der Waals surface area contributed by atoms with Gasteiger partial charge in [-0.3, -0.25) is 4.79 Å². The smallest absolute Gasteiger partial charge is 0.326 e. The molecular formula is C15H19FN2O4. The highest BCUT2D eigenvalue weighted by atomic mass is 19.1. The van der Waals surface area contributed by atoms with Crippen LogP contribution in [0, 0.1) is 5.82 Å². The fourth-order valence-electron chi connectivity index (χ4n) is 2.25. The number of morpholine rings is 1. The van der Waals surface area contributed by atoms with Crippen LogP contribution in [0.1, 0.15) is 17.3 Å². The molecule has 7 heteroatoms. The molecular weight excluding hydrogens is 291 g/mol. The van der Waals surface area contributed by atoms with E-state index in [1.54, 1.807) is 6.07 Å². The number of benzene rings is 1. The Morgan fingerprint density at radius 2 is 2.00 bits per heavy atom. The van der Waals surface area contributed by atoms with Gasteiger partial charge in [0.2, 0.25) is 0 Å². The second kappa shape index (κ2) is 6.74. The fourth-order valence-corrected chi connectivity index (χ4v) is 2.25. The molecule has 120 valence electrons. The average Bonchev–Trinajstić information content (AvgIpc) is 2.53. The number of ether oxygens (including phenoxy) is 1. The van der Waals surface area contributed by atoms with Crippen LogP contribution in [-0.4, -0.2) is 61.3 Å². The molecule has 1 aromatic carbocycles. The Kier molecular flexibility index (Phi) is 4.97. The second-order valence-electron chi connectivity index (χ2n) is 5.20. The van der Waals surface area contributed by atoms with Crippen molar-refractivity contribution in [1.29, 1.82) is 0 Å². The number of likely N-dealkylation sites (N-methyl/N-ethyl adjacent to an activating group) is 1. The SMILES string of the molecule is C[C@@H](C(=O)O)N(C)C(=O)c1ccc(N2CCOCC2)c(F)c1. The van der Waals surface area contributed by atoms with Gasteiger partial charge in [-0.2, -0.15) is 0 Å². The minimum Gasteiger partial charge on any atom is -0.480 e. The molecule has 1 fully saturated rings. The fraction of sp³-hybridized carbons (Fsp3) is 0.467. The molecule has 0 radical (unpaired) electrons. The van der Waals surface area contributed by atoms with E-state index in [1.165, 1.54) is 20.0 Å². The normalized spacial score (nSPS) is 16.2. The molecule has 1 aliphatic rings. The zero-order valence-electron chi connectivity index (χ0n) is 12.6. The first-order valence-corrected chi connectivity index (χ1v) is 7.04. The third-order valence-electron chi connectivity index (χ3n) is 3.81. The maximum Gasteiger partial charge on any atom is 0.326 e. The molecule has 0 aliphatic carbocycles. The third kappa shape index (κ3) is 3.36.